The molecule has 2 aliphatic carbocycles. The summed E-state index contributed by atoms with van der Waals surface area (Å²) >= 11 is 0. The molecule has 0 spiro atoms. The summed E-state index contributed by atoms with van der Waals surface area (Å²) in [5.74, 6) is 5.11. The van der Waals surface area contributed by atoms with Gasteiger partial charge >= 0.3 is 44.8 Å². The van der Waals surface area contributed by atoms with Crippen LogP contribution in [-0.2, 0) is 55.6 Å². The minimum Gasteiger partial charge on any atom is -0.366 e. The average Bonchev–Trinajstić information content (AvgIpc) is 3.80. The van der Waals surface area contributed by atoms with Crippen LogP contribution in [0.4, 0.5) is 0 Å². The Morgan fingerprint density at radius 1 is 0.319 bits per heavy atom. The molecule has 10 aromatic rings. The van der Waals surface area contributed by atoms with Crippen LogP contribution in [-0.4, -0.2) is 0 Å². The second kappa shape index (κ2) is 22.8. The molecule has 0 amide bonds. The monoisotopic (exact) mass is 1330 g/mol. The molecule has 0 unspecified atom stereocenters. The minimum atomic E-state index is -1.23. The van der Waals surface area contributed by atoms with Crippen molar-refractivity contribution in [3.63, 3.8) is 0 Å². The molecule has 72 heavy (non-hydrogen) atoms. The molecule has 0 saturated heterocycles. The van der Waals surface area contributed by atoms with Crippen molar-refractivity contribution in [2.75, 3.05) is 0 Å². The van der Waals surface area contributed by atoms with Crippen molar-refractivity contribution in [1.29, 1.82) is 0 Å². The van der Waals surface area contributed by atoms with Crippen LogP contribution in [0, 0.1) is 24.7 Å². The molecule has 0 saturated carbocycles. The van der Waals surface area contributed by atoms with Crippen molar-refractivity contribution >= 4 is 58.4 Å². The Balaban J connectivity index is 0.000000161. The zero-order valence-corrected chi connectivity index (χ0v) is 47.0. The van der Waals surface area contributed by atoms with Gasteiger partial charge in [0.1, 0.15) is 47.7 Å². The van der Waals surface area contributed by atoms with E-state index in [1.54, 1.807) is 0 Å². The van der Waals surface area contributed by atoms with E-state index in [4.69, 9.17) is 12.8 Å². The molecule has 0 nitrogen and oxygen atoms in total. The Morgan fingerprint density at radius 3 is 0.917 bits per heavy atom. The standard InChI is InChI=1S/C34H26P2.2C17H13.2Au/c1-5-17-29(18-6-1)35(30-19-7-2-8-20-30)33-25-27-15-13-14-16-28(27)26-34(33)36(31-21-9-3-10-22-31)32-23-11-4-12-24-32;2*1-4-12-8-7-11-15-16(12)13-9-5-6-10-14(13)17(15,2)3;;/h1-26H;2*5-11H,2-3H3;;/q;2*-1;2*+1/p+2. The first-order chi connectivity index (χ1) is 34.2. The zero-order chi connectivity index (χ0) is 48.2. The van der Waals surface area contributed by atoms with Crippen LogP contribution in [0.5, 0.6) is 0 Å². The predicted octanol–water partition coefficient (Wildman–Crippen LogP) is 13.7. The van der Waals surface area contributed by atoms with Crippen LogP contribution in [0.2, 0.25) is 0 Å². The second-order valence-corrected chi connectivity index (χ2v) is 23.9. The van der Waals surface area contributed by atoms with Crippen molar-refractivity contribution < 1.29 is 44.8 Å². The third-order valence-electron chi connectivity index (χ3n) is 14.2. The molecule has 0 bridgehead atoms. The van der Waals surface area contributed by atoms with Gasteiger partial charge in [-0.3, -0.25) is 11.8 Å². The molecule has 0 N–H and O–H groups in total. The number of hydrogen-bond acceptors (Lipinski definition) is 0. The van der Waals surface area contributed by atoms with Crippen molar-refractivity contribution in [2.45, 2.75) is 38.5 Å². The number of hydrogen-bond donors (Lipinski definition) is 0. The van der Waals surface area contributed by atoms with Crippen LogP contribution in [0.15, 0.2) is 243 Å². The average molecular weight is 1330 g/mol. The Morgan fingerprint density at radius 2 is 0.597 bits per heavy atom. The summed E-state index contributed by atoms with van der Waals surface area (Å²) in [4.78, 5) is 0. The van der Waals surface area contributed by atoms with Crippen molar-refractivity contribution in [3.05, 3.63) is 289 Å². The van der Waals surface area contributed by atoms with Crippen LogP contribution in [0.25, 0.3) is 33.0 Å². The van der Waals surface area contributed by atoms with E-state index in [1.807, 2.05) is 24.3 Å². The fourth-order valence-corrected chi connectivity index (χ4v) is 16.8. The van der Waals surface area contributed by atoms with Crippen LogP contribution < -0.4 is 31.8 Å². The topological polar surface area (TPSA) is 0 Å². The fraction of sp³-hybridized carbons (Fsp3) is 0.0882. The van der Waals surface area contributed by atoms with E-state index in [2.05, 4.69) is 258 Å². The maximum absolute atomic E-state index is 7.43. The van der Waals surface area contributed by atoms with Crippen LogP contribution in [0.3, 0.4) is 0 Å². The largest absolute Gasteiger partial charge is 1.00 e. The summed E-state index contributed by atoms with van der Waals surface area (Å²) in [6, 6.07) is 87.6. The molecule has 0 aliphatic heterocycles. The van der Waals surface area contributed by atoms with Gasteiger partial charge in [-0.05, 0) is 105 Å². The van der Waals surface area contributed by atoms with E-state index >= 15 is 0 Å². The van der Waals surface area contributed by atoms with Crippen LogP contribution in [0.1, 0.15) is 61.1 Å². The molecular formula is C68H54Au2P2+2. The second-order valence-electron chi connectivity index (χ2n) is 19.0. The minimum absolute atomic E-state index is 0. The first-order valence-corrected chi connectivity index (χ1v) is 27.0. The summed E-state index contributed by atoms with van der Waals surface area (Å²) in [6.07, 6.45) is 14.9. The molecule has 2 aliphatic rings. The number of benzene rings is 10. The summed E-state index contributed by atoms with van der Waals surface area (Å²) in [5, 5.41) is 11.3. The molecule has 0 radical (unpaired) electrons. The SMILES string of the molecule is [Au+].[Au+].[C-]#Cc1cccc2c1-c1ccccc1C2(C)C.[C-]#Cc1cccc2c1-c1ccccc1C2(C)C.c1ccc([PH+](c2ccccc2)c2cc3ccccc3cc2[PH+](c2ccccc2)c2ccccc2)cc1. The van der Waals surface area contributed by atoms with Gasteiger partial charge in [0, 0.05) is 10.8 Å². The van der Waals surface area contributed by atoms with Crippen molar-refractivity contribution in [3.8, 4) is 34.1 Å². The van der Waals surface area contributed by atoms with E-state index in [9.17, 15) is 0 Å². The molecule has 0 heterocycles. The van der Waals surface area contributed by atoms with Gasteiger partial charge in [0.25, 0.3) is 0 Å². The van der Waals surface area contributed by atoms with Gasteiger partial charge in [-0.2, -0.15) is 0 Å². The smallest absolute Gasteiger partial charge is 0.366 e. The molecule has 4 heteroatoms. The van der Waals surface area contributed by atoms with E-state index in [1.165, 1.54) is 87.1 Å². The van der Waals surface area contributed by atoms with E-state index < -0.39 is 15.8 Å². The molecule has 10 aromatic carbocycles. The number of rotatable bonds is 6. The first-order valence-electron chi connectivity index (χ1n) is 24.0. The van der Waals surface area contributed by atoms with E-state index in [-0.39, 0.29) is 55.6 Å². The summed E-state index contributed by atoms with van der Waals surface area (Å²) < 4.78 is 0. The Bertz CT molecular complexity index is 3250. The summed E-state index contributed by atoms with van der Waals surface area (Å²) in [5.41, 5.74) is 12.0. The molecule has 0 fully saturated rings. The van der Waals surface area contributed by atoms with Gasteiger partial charge in [0.05, 0.1) is 0 Å². The Kier molecular flexibility index (Phi) is 16.5. The zero-order valence-electron chi connectivity index (χ0n) is 40.7. The van der Waals surface area contributed by atoms with Crippen molar-refractivity contribution in [1.82, 2.24) is 0 Å². The third-order valence-corrected chi connectivity index (χ3v) is 20.0. The summed E-state index contributed by atoms with van der Waals surface area (Å²) in [6.45, 7) is 8.97. The molecule has 12 rings (SSSR count). The molecule has 0 aromatic heterocycles. The van der Waals surface area contributed by atoms with Crippen LogP contribution >= 0.6 is 15.8 Å². The summed E-state index contributed by atoms with van der Waals surface area (Å²) in [7, 11) is -2.46. The van der Waals surface area contributed by atoms with Gasteiger partial charge in [-0.1, -0.05) is 209 Å². The Labute approximate surface area is 460 Å². The predicted molar refractivity (Wildman–Crippen MR) is 305 cm³/mol. The quantitative estimate of drug-likeness (QED) is 0.0674. The molecule has 0 atom stereocenters. The van der Waals surface area contributed by atoms with Gasteiger partial charge in [0.2, 0.25) is 0 Å². The van der Waals surface area contributed by atoms with E-state index in [0.29, 0.717) is 0 Å². The first kappa shape index (κ1) is 52.2. The third kappa shape index (κ3) is 10.0. The Hall–Kier alpha value is -6.08. The van der Waals surface area contributed by atoms with Crippen molar-refractivity contribution in [2.24, 2.45) is 0 Å². The maximum Gasteiger partial charge on any atom is 1.00 e. The molecule has 356 valence electrons. The van der Waals surface area contributed by atoms with Gasteiger partial charge in [-0.25, -0.2) is 0 Å². The van der Waals surface area contributed by atoms with Gasteiger partial charge in [0.15, 0.2) is 0 Å². The fourth-order valence-electron chi connectivity index (χ4n) is 10.7. The van der Waals surface area contributed by atoms with E-state index in [0.717, 1.165) is 11.1 Å². The molecular weight excluding hydrogens is 1270 g/mol. The normalized spacial score (nSPS) is 12.7. The van der Waals surface area contributed by atoms with Gasteiger partial charge in [-0.15, -0.1) is 23.3 Å². The van der Waals surface area contributed by atoms with Gasteiger partial charge < -0.3 is 12.8 Å². The number of fused-ring (bicyclic) bond motifs is 7. The maximum atomic E-state index is 7.43.